The van der Waals surface area contributed by atoms with Crippen molar-refractivity contribution in [2.45, 2.75) is 31.7 Å². The largest absolute Gasteiger partial charge is 0.481 e. The zero-order valence-electron chi connectivity index (χ0n) is 15.3. The molecule has 5 nitrogen and oxygen atoms in total. The first kappa shape index (κ1) is 19.1. The van der Waals surface area contributed by atoms with Gasteiger partial charge in [-0.05, 0) is 29.5 Å². The van der Waals surface area contributed by atoms with Crippen LogP contribution >= 0.6 is 0 Å². The Balaban J connectivity index is 1.42. The van der Waals surface area contributed by atoms with E-state index in [0.29, 0.717) is 32.6 Å². The van der Waals surface area contributed by atoms with Gasteiger partial charge in [-0.3, -0.25) is 9.59 Å². The number of carbonyl (C=O) groups is 2. The number of aliphatic carboxylic acids is 1. The summed E-state index contributed by atoms with van der Waals surface area (Å²) in [6, 6.07) is 17.6. The standard InChI is InChI=1S/C22H25NO4/c24-21(11-6-13-27-14-12-17-7-2-1-3-8-17)23-15-18-9-4-5-10-19(18)20(16-23)22(25)26/h1-5,7-10,20H,6,11-16H2,(H,25,26). The molecule has 0 saturated heterocycles. The fourth-order valence-electron chi connectivity index (χ4n) is 3.43. The first-order chi connectivity index (χ1) is 13.1. The van der Waals surface area contributed by atoms with Crippen molar-refractivity contribution in [2.24, 2.45) is 0 Å². The Morgan fingerprint density at radius 3 is 2.56 bits per heavy atom. The Kier molecular flexibility index (Phi) is 6.60. The second-order valence-electron chi connectivity index (χ2n) is 6.82. The van der Waals surface area contributed by atoms with Crippen molar-refractivity contribution in [1.29, 1.82) is 0 Å². The van der Waals surface area contributed by atoms with E-state index in [1.807, 2.05) is 42.5 Å². The number of carboxylic acid groups (broad SMARTS) is 1. The lowest BCUT2D eigenvalue weighted by molar-refractivity contribution is -0.141. The number of ether oxygens (including phenoxy) is 1. The van der Waals surface area contributed by atoms with Gasteiger partial charge in [0.05, 0.1) is 12.5 Å². The SMILES string of the molecule is O=C(O)C1CN(C(=O)CCCOCCc2ccccc2)Cc2ccccc21. The summed E-state index contributed by atoms with van der Waals surface area (Å²) in [5.41, 5.74) is 2.97. The summed E-state index contributed by atoms with van der Waals surface area (Å²) in [6.45, 7) is 1.88. The molecule has 1 atom stereocenters. The van der Waals surface area contributed by atoms with Gasteiger partial charge in [-0.15, -0.1) is 0 Å². The van der Waals surface area contributed by atoms with E-state index < -0.39 is 11.9 Å². The Labute approximate surface area is 159 Å². The van der Waals surface area contributed by atoms with Crippen molar-refractivity contribution in [3.05, 3.63) is 71.3 Å². The van der Waals surface area contributed by atoms with Crippen molar-refractivity contribution in [3.63, 3.8) is 0 Å². The van der Waals surface area contributed by atoms with Crippen LogP contribution in [0.25, 0.3) is 0 Å². The molecule has 1 unspecified atom stereocenters. The minimum atomic E-state index is -0.885. The van der Waals surface area contributed by atoms with Gasteiger partial charge in [0, 0.05) is 26.1 Å². The number of carbonyl (C=O) groups excluding carboxylic acids is 1. The predicted molar refractivity (Wildman–Crippen MR) is 102 cm³/mol. The number of nitrogens with zero attached hydrogens (tertiary/aromatic N) is 1. The highest BCUT2D eigenvalue weighted by molar-refractivity contribution is 5.81. The van der Waals surface area contributed by atoms with E-state index in [1.54, 1.807) is 4.90 Å². The molecule has 27 heavy (non-hydrogen) atoms. The third-order valence-corrected chi connectivity index (χ3v) is 4.90. The molecular formula is C22H25NO4. The van der Waals surface area contributed by atoms with Crippen LogP contribution in [0.3, 0.4) is 0 Å². The van der Waals surface area contributed by atoms with Crippen LogP contribution in [-0.2, 0) is 27.3 Å². The predicted octanol–water partition coefficient (Wildman–Crippen LogP) is 3.24. The second-order valence-corrected chi connectivity index (χ2v) is 6.82. The number of rotatable bonds is 8. The first-order valence-corrected chi connectivity index (χ1v) is 9.35. The van der Waals surface area contributed by atoms with Crippen LogP contribution < -0.4 is 0 Å². The lowest BCUT2D eigenvalue weighted by atomic mass is 9.89. The average Bonchev–Trinajstić information content (AvgIpc) is 2.70. The molecule has 1 aliphatic rings. The summed E-state index contributed by atoms with van der Waals surface area (Å²) >= 11 is 0. The normalized spacial score (nSPS) is 16.0. The van der Waals surface area contributed by atoms with E-state index in [9.17, 15) is 14.7 Å². The zero-order valence-corrected chi connectivity index (χ0v) is 15.3. The molecule has 0 spiro atoms. The van der Waals surface area contributed by atoms with Crippen molar-refractivity contribution < 1.29 is 19.4 Å². The van der Waals surface area contributed by atoms with Crippen LogP contribution in [0, 0.1) is 0 Å². The summed E-state index contributed by atoms with van der Waals surface area (Å²) in [4.78, 5) is 25.7. The number of amides is 1. The van der Waals surface area contributed by atoms with Crippen LogP contribution in [0.2, 0.25) is 0 Å². The van der Waals surface area contributed by atoms with Crippen LogP contribution in [-0.4, -0.2) is 41.6 Å². The Morgan fingerprint density at radius 1 is 1.04 bits per heavy atom. The third kappa shape index (κ3) is 5.17. The number of hydrogen-bond donors (Lipinski definition) is 1. The maximum atomic E-state index is 12.5. The van der Waals surface area contributed by atoms with Crippen molar-refractivity contribution in [2.75, 3.05) is 19.8 Å². The summed E-state index contributed by atoms with van der Waals surface area (Å²) in [5, 5.41) is 9.49. The van der Waals surface area contributed by atoms with Gasteiger partial charge in [-0.25, -0.2) is 0 Å². The molecule has 2 aromatic carbocycles. The summed E-state index contributed by atoms with van der Waals surface area (Å²) in [6.07, 6.45) is 1.88. The topological polar surface area (TPSA) is 66.8 Å². The number of carboxylic acids is 1. The Bertz CT molecular complexity index is 775. The lowest BCUT2D eigenvalue weighted by Crippen LogP contribution is -2.40. The molecule has 1 aliphatic heterocycles. The van der Waals surface area contributed by atoms with Gasteiger partial charge < -0.3 is 14.7 Å². The molecule has 0 saturated carbocycles. The molecule has 0 aromatic heterocycles. The monoisotopic (exact) mass is 367 g/mol. The van der Waals surface area contributed by atoms with Gasteiger partial charge in [-0.1, -0.05) is 54.6 Å². The third-order valence-electron chi connectivity index (χ3n) is 4.90. The van der Waals surface area contributed by atoms with Gasteiger partial charge in [0.25, 0.3) is 0 Å². The summed E-state index contributed by atoms with van der Waals surface area (Å²) in [7, 11) is 0. The number of fused-ring (bicyclic) bond motifs is 1. The van der Waals surface area contributed by atoms with E-state index >= 15 is 0 Å². The molecule has 5 heteroatoms. The van der Waals surface area contributed by atoms with E-state index in [1.165, 1.54) is 5.56 Å². The molecule has 3 rings (SSSR count). The molecule has 142 valence electrons. The minimum Gasteiger partial charge on any atom is -0.481 e. The van der Waals surface area contributed by atoms with Crippen LogP contribution in [0.1, 0.15) is 35.4 Å². The van der Waals surface area contributed by atoms with Gasteiger partial charge in [0.15, 0.2) is 0 Å². The molecule has 1 heterocycles. The molecular weight excluding hydrogens is 342 g/mol. The van der Waals surface area contributed by atoms with Crippen LogP contribution in [0.5, 0.6) is 0 Å². The minimum absolute atomic E-state index is 0.0117. The van der Waals surface area contributed by atoms with E-state index in [-0.39, 0.29) is 12.5 Å². The fourth-order valence-corrected chi connectivity index (χ4v) is 3.43. The summed E-state index contributed by atoms with van der Waals surface area (Å²) in [5.74, 6) is -1.55. The van der Waals surface area contributed by atoms with Crippen molar-refractivity contribution in [3.8, 4) is 0 Å². The highest BCUT2D eigenvalue weighted by Crippen LogP contribution is 2.28. The van der Waals surface area contributed by atoms with Gasteiger partial charge in [0.2, 0.25) is 5.91 Å². The molecule has 0 fully saturated rings. The quantitative estimate of drug-likeness (QED) is 0.728. The van der Waals surface area contributed by atoms with Gasteiger partial charge >= 0.3 is 5.97 Å². The van der Waals surface area contributed by atoms with Gasteiger partial charge in [-0.2, -0.15) is 0 Å². The average molecular weight is 367 g/mol. The van der Waals surface area contributed by atoms with Crippen LogP contribution in [0.4, 0.5) is 0 Å². The molecule has 0 radical (unpaired) electrons. The highest BCUT2D eigenvalue weighted by atomic mass is 16.5. The van der Waals surface area contributed by atoms with E-state index in [4.69, 9.17) is 4.74 Å². The summed E-state index contributed by atoms with van der Waals surface area (Å²) < 4.78 is 5.63. The first-order valence-electron chi connectivity index (χ1n) is 9.35. The van der Waals surface area contributed by atoms with E-state index in [0.717, 1.165) is 17.5 Å². The number of hydrogen-bond acceptors (Lipinski definition) is 3. The molecule has 0 aliphatic carbocycles. The molecule has 0 bridgehead atoms. The van der Waals surface area contributed by atoms with E-state index in [2.05, 4.69) is 12.1 Å². The lowest BCUT2D eigenvalue weighted by Gasteiger charge is -2.33. The smallest absolute Gasteiger partial charge is 0.312 e. The molecule has 2 aromatic rings. The molecule has 1 amide bonds. The second kappa shape index (κ2) is 9.33. The zero-order chi connectivity index (χ0) is 19.1. The Hall–Kier alpha value is -2.66. The fraction of sp³-hybridized carbons (Fsp3) is 0.364. The highest BCUT2D eigenvalue weighted by Gasteiger charge is 2.31. The van der Waals surface area contributed by atoms with Gasteiger partial charge in [0.1, 0.15) is 0 Å². The Morgan fingerprint density at radius 2 is 1.78 bits per heavy atom. The van der Waals surface area contributed by atoms with Crippen molar-refractivity contribution >= 4 is 11.9 Å². The van der Waals surface area contributed by atoms with Crippen molar-refractivity contribution in [1.82, 2.24) is 4.90 Å². The van der Waals surface area contributed by atoms with Crippen LogP contribution in [0.15, 0.2) is 54.6 Å². The maximum Gasteiger partial charge on any atom is 0.312 e. The molecule has 1 N–H and O–H groups in total. The number of benzene rings is 2. The maximum absolute atomic E-state index is 12.5.